The first-order valence-electron chi connectivity index (χ1n) is 7.82. The molecule has 0 saturated carbocycles. The fourth-order valence-electron chi connectivity index (χ4n) is 2.55. The predicted molar refractivity (Wildman–Crippen MR) is 82.7 cm³/mol. The van der Waals surface area contributed by atoms with E-state index in [9.17, 15) is 4.79 Å². The summed E-state index contributed by atoms with van der Waals surface area (Å²) >= 11 is 0. The van der Waals surface area contributed by atoms with Crippen LogP contribution in [0, 0.1) is 5.92 Å². The van der Waals surface area contributed by atoms with E-state index in [2.05, 4.69) is 6.92 Å². The molecule has 1 aromatic carbocycles. The van der Waals surface area contributed by atoms with Crippen molar-refractivity contribution in [1.29, 1.82) is 0 Å². The molecule has 1 unspecified atom stereocenters. The quantitative estimate of drug-likeness (QED) is 0.836. The van der Waals surface area contributed by atoms with Crippen LogP contribution in [0.1, 0.15) is 33.1 Å². The summed E-state index contributed by atoms with van der Waals surface area (Å²) in [6, 6.07) is 7.39. The van der Waals surface area contributed by atoms with Crippen LogP contribution in [-0.4, -0.2) is 37.1 Å². The Bertz CT molecular complexity index is 444. The third-order valence-electron chi connectivity index (χ3n) is 3.87. The Hall–Kier alpha value is -1.71. The van der Waals surface area contributed by atoms with Crippen molar-refractivity contribution in [2.45, 2.75) is 33.1 Å². The van der Waals surface area contributed by atoms with Gasteiger partial charge in [-0.2, -0.15) is 0 Å². The normalized spacial score (nSPS) is 19.0. The van der Waals surface area contributed by atoms with Crippen LogP contribution >= 0.6 is 0 Å². The van der Waals surface area contributed by atoms with Crippen molar-refractivity contribution in [2.24, 2.45) is 5.92 Å². The lowest BCUT2D eigenvalue weighted by Crippen LogP contribution is -2.35. The van der Waals surface area contributed by atoms with Gasteiger partial charge >= 0.3 is 0 Å². The Kier molecular flexibility index (Phi) is 5.90. The van der Waals surface area contributed by atoms with Gasteiger partial charge in [0.2, 0.25) is 0 Å². The molecule has 0 N–H and O–H groups in total. The van der Waals surface area contributed by atoms with Gasteiger partial charge in [-0.25, -0.2) is 0 Å². The molecule has 2 rings (SSSR count). The van der Waals surface area contributed by atoms with E-state index >= 15 is 0 Å². The summed E-state index contributed by atoms with van der Waals surface area (Å²) in [5, 5.41) is 0. The summed E-state index contributed by atoms with van der Waals surface area (Å²) in [4.78, 5) is 14.1. The maximum Gasteiger partial charge on any atom is 0.260 e. The minimum Gasteiger partial charge on any atom is -0.494 e. The molecule has 1 atom stereocenters. The number of hydrogen-bond donors (Lipinski definition) is 0. The second-order valence-electron chi connectivity index (χ2n) is 5.61. The molecule has 0 bridgehead atoms. The van der Waals surface area contributed by atoms with Gasteiger partial charge in [-0.05, 0) is 56.4 Å². The highest BCUT2D eigenvalue weighted by Gasteiger charge is 2.18. The Labute approximate surface area is 127 Å². The lowest BCUT2D eigenvalue weighted by Gasteiger charge is -2.20. The van der Waals surface area contributed by atoms with Crippen molar-refractivity contribution in [3.8, 4) is 11.5 Å². The van der Waals surface area contributed by atoms with E-state index in [-0.39, 0.29) is 12.5 Å². The minimum absolute atomic E-state index is 0.0815. The first-order valence-corrected chi connectivity index (χ1v) is 7.82. The van der Waals surface area contributed by atoms with Crippen molar-refractivity contribution in [3.63, 3.8) is 0 Å². The van der Waals surface area contributed by atoms with E-state index in [1.54, 1.807) is 0 Å². The number of likely N-dealkylation sites (tertiary alicyclic amines) is 1. The topological polar surface area (TPSA) is 38.8 Å². The molecule has 21 heavy (non-hydrogen) atoms. The fourth-order valence-corrected chi connectivity index (χ4v) is 2.55. The van der Waals surface area contributed by atoms with E-state index < -0.39 is 0 Å². The van der Waals surface area contributed by atoms with Crippen LogP contribution in [0.5, 0.6) is 11.5 Å². The van der Waals surface area contributed by atoms with Crippen LogP contribution in [0.2, 0.25) is 0 Å². The number of nitrogens with zero attached hydrogens (tertiary/aromatic N) is 1. The van der Waals surface area contributed by atoms with Crippen molar-refractivity contribution in [3.05, 3.63) is 24.3 Å². The van der Waals surface area contributed by atoms with Gasteiger partial charge in [0, 0.05) is 13.1 Å². The molecule has 0 aliphatic carbocycles. The van der Waals surface area contributed by atoms with Crippen molar-refractivity contribution in [1.82, 2.24) is 4.90 Å². The smallest absolute Gasteiger partial charge is 0.260 e. The van der Waals surface area contributed by atoms with Crippen molar-refractivity contribution < 1.29 is 14.3 Å². The van der Waals surface area contributed by atoms with Crippen LogP contribution < -0.4 is 9.47 Å². The van der Waals surface area contributed by atoms with Crippen LogP contribution in [0.25, 0.3) is 0 Å². The summed E-state index contributed by atoms with van der Waals surface area (Å²) in [6.07, 6.45) is 3.40. The van der Waals surface area contributed by atoms with Gasteiger partial charge in [0.25, 0.3) is 5.91 Å². The second-order valence-corrected chi connectivity index (χ2v) is 5.61. The van der Waals surface area contributed by atoms with E-state index in [0.29, 0.717) is 12.4 Å². The van der Waals surface area contributed by atoms with Crippen molar-refractivity contribution >= 4 is 5.91 Å². The van der Waals surface area contributed by atoms with Gasteiger partial charge in [-0.15, -0.1) is 0 Å². The number of hydrogen-bond acceptors (Lipinski definition) is 3. The zero-order valence-electron chi connectivity index (χ0n) is 13.0. The van der Waals surface area contributed by atoms with Crippen LogP contribution in [-0.2, 0) is 4.79 Å². The highest BCUT2D eigenvalue weighted by Crippen LogP contribution is 2.19. The third-order valence-corrected chi connectivity index (χ3v) is 3.87. The molecular weight excluding hydrogens is 266 g/mol. The molecule has 4 nitrogen and oxygen atoms in total. The largest absolute Gasteiger partial charge is 0.494 e. The summed E-state index contributed by atoms with van der Waals surface area (Å²) in [5.74, 6) is 2.32. The molecule has 4 heteroatoms. The standard InChI is InChI=1S/C17H25NO3/c1-3-20-15-6-8-16(9-7-15)21-13-17(19)18-11-4-5-14(2)10-12-18/h6-9,14H,3-5,10-13H2,1-2H3. The number of ether oxygens (including phenoxy) is 2. The summed E-state index contributed by atoms with van der Waals surface area (Å²) < 4.78 is 10.9. The molecule has 1 aromatic rings. The van der Waals surface area contributed by atoms with Gasteiger partial charge in [0.1, 0.15) is 11.5 Å². The zero-order chi connectivity index (χ0) is 15.1. The molecular formula is C17H25NO3. The molecule has 0 radical (unpaired) electrons. The molecule has 1 aliphatic rings. The maximum atomic E-state index is 12.2. The summed E-state index contributed by atoms with van der Waals surface area (Å²) in [6.45, 7) is 6.67. The number of benzene rings is 1. The SMILES string of the molecule is CCOc1ccc(OCC(=O)N2CCCC(C)CC2)cc1. The van der Waals surface area contributed by atoms with Gasteiger partial charge in [0.05, 0.1) is 6.61 Å². The number of carbonyl (C=O) groups excluding carboxylic acids is 1. The summed E-state index contributed by atoms with van der Waals surface area (Å²) in [7, 11) is 0. The van der Waals surface area contributed by atoms with Crippen LogP contribution in [0.3, 0.4) is 0 Å². The number of carbonyl (C=O) groups is 1. The molecule has 1 saturated heterocycles. The lowest BCUT2D eigenvalue weighted by molar-refractivity contribution is -0.133. The monoisotopic (exact) mass is 291 g/mol. The molecule has 0 aromatic heterocycles. The molecule has 0 spiro atoms. The van der Waals surface area contributed by atoms with Gasteiger partial charge in [-0.3, -0.25) is 4.79 Å². The van der Waals surface area contributed by atoms with E-state index in [4.69, 9.17) is 9.47 Å². The first kappa shape index (κ1) is 15.7. The molecule has 116 valence electrons. The Morgan fingerprint density at radius 1 is 1.14 bits per heavy atom. The summed E-state index contributed by atoms with van der Waals surface area (Å²) in [5.41, 5.74) is 0. The van der Waals surface area contributed by atoms with E-state index in [1.807, 2.05) is 36.1 Å². The molecule has 1 amide bonds. The molecule has 1 aliphatic heterocycles. The highest BCUT2D eigenvalue weighted by atomic mass is 16.5. The Morgan fingerprint density at radius 2 is 1.81 bits per heavy atom. The van der Waals surface area contributed by atoms with Gasteiger partial charge < -0.3 is 14.4 Å². The zero-order valence-corrected chi connectivity index (χ0v) is 13.0. The van der Waals surface area contributed by atoms with Crippen LogP contribution in [0.15, 0.2) is 24.3 Å². The van der Waals surface area contributed by atoms with E-state index in [0.717, 1.165) is 37.6 Å². The minimum atomic E-state index is 0.0815. The first-order chi connectivity index (χ1) is 10.2. The fraction of sp³-hybridized carbons (Fsp3) is 0.588. The van der Waals surface area contributed by atoms with E-state index in [1.165, 1.54) is 6.42 Å². The molecule has 1 fully saturated rings. The maximum absolute atomic E-state index is 12.2. The number of amides is 1. The van der Waals surface area contributed by atoms with Gasteiger partial charge in [-0.1, -0.05) is 6.92 Å². The third kappa shape index (κ3) is 4.96. The average Bonchev–Trinajstić information content (AvgIpc) is 2.71. The van der Waals surface area contributed by atoms with Crippen LogP contribution in [0.4, 0.5) is 0 Å². The Morgan fingerprint density at radius 3 is 2.48 bits per heavy atom. The van der Waals surface area contributed by atoms with Gasteiger partial charge in [0.15, 0.2) is 6.61 Å². The predicted octanol–water partition coefficient (Wildman–Crippen LogP) is 3.11. The highest BCUT2D eigenvalue weighted by molar-refractivity contribution is 5.77. The number of rotatable bonds is 5. The lowest BCUT2D eigenvalue weighted by atomic mass is 10.0. The second kappa shape index (κ2) is 7.91. The van der Waals surface area contributed by atoms with Crippen molar-refractivity contribution in [2.75, 3.05) is 26.3 Å². The average molecular weight is 291 g/mol. The molecule has 1 heterocycles. The Balaban J connectivity index is 1.80.